The second kappa shape index (κ2) is 10.0. The number of thiazole rings is 1. The van der Waals surface area contributed by atoms with Gasteiger partial charge in [0, 0.05) is 31.6 Å². The molecule has 1 aliphatic heterocycles. The normalized spacial score (nSPS) is 15.9. The number of hydrogen-bond donors (Lipinski definition) is 2. The lowest BCUT2D eigenvalue weighted by Crippen LogP contribution is -2.40. The van der Waals surface area contributed by atoms with E-state index in [1.807, 2.05) is 20.8 Å². The van der Waals surface area contributed by atoms with Crippen LogP contribution >= 0.6 is 11.3 Å². The molecule has 0 radical (unpaired) electrons. The maximum absolute atomic E-state index is 12.8. The van der Waals surface area contributed by atoms with E-state index in [2.05, 4.69) is 25.5 Å². The molecule has 10 heteroatoms. The molecule has 0 aromatic carbocycles. The van der Waals surface area contributed by atoms with Gasteiger partial charge in [-0.25, -0.2) is 4.98 Å². The summed E-state index contributed by atoms with van der Waals surface area (Å²) in [5, 5.41) is 6.56. The topological polar surface area (TPSA) is 109 Å². The predicted octanol–water partition coefficient (Wildman–Crippen LogP) is 1.51. The first-order valence-electron chi connectivity index (χ1n) is 10.6. The minimum Gasteiger partial charge on any atom is -0.356 e. The Morgan fingerprint density at radius 1 is 1.30 bits per heavy atom. The van der Waals surface area contributed by atoms with Crippen LogP contribution in [0.15, 0.2) is 11.1 Å². The SMILES string of the molecule is CCCNC(=O)C1CCN(c2nc3ncn(CC(=O)NC(C)CC)c(=O)c3s2)CC1. The van der Waals surface area contributed by atoms with Gasteiger partial charge in [-0.05, 0) is 32.6 Å². The quantitative estimate of drug-likeness (QED) is 0.652. The third-order valence-electron chi connectivity index (χ3n) is 5.39. The van der Waals surface area contributed by atoms with Crippen molar-refractivity contribution >= 4 is 38.6 Å². The Labute approximate surface area is 179 Å². The van der Waals surface area contributed by atoms with Crippen molar-refractivity contribution in [1.82, 2.24) is 25.2 Å². The van der Waals surface area contributed by atoms with Crippen LogP contribution in [-0.4, -0.2) is 52.0 Å². The summed E-state index contributed by atoms with van der Waals surface area (Å²) in [7, 11) is 0. The molecule has 2 N–H and O–H groups in total. The van der Waals surface area contributed by atoms with Crippen LogP contribution in [0.2, 0.25) is 0 Å². The van der Waals surface area contributed by atoms with Crippen LogP contribution in [-0.2, 0) is 16.1 Å². The molecule has 1 fully saturated rings. The number of anilines is 1. The highest BCUT2D eigenvalue weighted by Crippen LogP contribution is 2.29. The highest BCUT2D eigenvalue weighted by molar-refractivity contribution is 7.22. The Morgan fingerprint density at radius 2 is 2.03 bits per heavy atom. The number of nitrogens with zero attached hydrogens (tertiary/aromatic N) is 4. The summed E-state index contributed by atoms with van der Waals surface area (Å²) < 4.78 is 1.78. The fraction of sp³-hybridized carbons (Fsp3) is 0.650. The van der Waals surface area contributed by atoms with Crippen molar-refractivity contribution in [3.05, 3.63) is 16.7 Å². The Hall–Kier alpha value is -2.49. The van der Waals surface area contributed by atoms with Crippen LogP contribution < -0.4 is 21.1 Å². The number of aromatic nitrogens is 3. The van der Waals surface area contributed by atoms with Crippen molar-refractivity contribution in [2.75, 3.05) is 24.5 Å². The molecule has 0 saturated carbocycles. The maximum Gasteiger partial charge on any atom is 0.273 e. The summed E-state index contributed by atoms with van der Waals surface area (Å²) >= 11 is 1.30. The molecule has 2 amide bonds. The number of carbonyl (C=O) groups excluding carboxylic acids is 2. The largest absolute Gasteiger partial charge is 0.356 e. The van der Waals surface area contributed by atoms with E-state index in [1.54, 1.807) is 0 Å². The van der Waals surface area contributed by atoms with Gasteiger partial charge in [0.25, 0.3) is 5.56 Å². The van der Waals surface area contributed by atoms with Gasteiger partial charge in [-0.1, -0.05) is 25.2 Å². The lowest BCUT2D eigenvalue weighted by Gasteiger charge is -2.30. The highest BCUT2D eigenvalue weighted by Gasteiger charge is 2.26. The number of carbonyl (C=O) groups is 2. The van der Waals surface area contributed by atoms with Crippen molar-refractivity contribution < 1.29 is 9.59 Å². The zero-order chi connectivity index (χ0) is 21.7. The lowest BCUT2D eigenvalue weighted by atomic mass is 9.96. The average molecular weight is 435 g/mol. The van der Waals surface area contributed by atoms with Gasteiger partial charge in [-0.15, -0.1) is 0 Å². The highest BCUT2D eigenvalue weighted by atomic mass is 32.1. The Kier molecular flexibility index (Phi) is 7.41. The van der Waals surface area contributed by atoms with Gasteiger partial charge in [0.15, 0.2) is 10.8 Å². The molecule has 0 spiro atoms. The van der Waals surface area contributed by atoms with Gasteiger partial charge in [-0.3, -0.25) is 19.0 Å². The number of nitrogens with one attached hydrogen (secondary N) is 2. The number of fused-ring (bicyclic) bond motifs is 1. The van der Waals surface area contributed by atoms with Crippen LogP contribution in [0.3, 0.4) is 0 Å². The number of hydrogen-bond acceptors (Lipinski definition) is 7. The zero-order valence-electron chi connectivity index (χ0n) is 17.8. The van der Waals surface area contributed by atoms with Crippen molar-refractivity contribution in [3.8, 4) is 0 Å². The maximum atomic E-state index is 12.8. The minimum atomic E-state index is -0.253. The first-order valence-corrected chi connectivity index (χ1v) is 11.4. The Bertz CT molecular complexity index is 948. The second-order valence-corrected chi connectivity index (χ2v) is 8.73. The van der Waals surface area contributed by atoms with Gasteiger partial charge in [0.05, 0.1) is 0 Å². The van der Waals surface area contributed by atoms with Crippen LogP contribution in [0.4, 0.5) is 5.13 Å². The molecule has 1 unspecified atom stereocenters. The molecule has 1 aliphatic rings. The molecule has 30 heavy (non-hydrogen) atoms. The van der Waals surface area contributed by atoms with Crippen LogP contribution in [0.1, 0.15) is 46.5 Å². The second-order valence-electron chi connectivity index (χ2n) is 7.76. The van der Waals surface area contributed by atoms with Crippen molar-refractivity contribution in [2.45, 2.75) is 59.0 Å². The summed E-state index contributed by atoms with van der Waals surface area (Å²) in [5.41, 5.74) is 0.151. The van der Waals surface area contributed by atoms with Crippen molar-refractivity contribution in [3.63, 3.8) is 0 Å². The summed E-state index contributed by atoms with van der Waals surface area (Å²) in [4.78, 5) is 48.0. The molecule has 164 valence electrons. The fourth-order valence-corrected chi connectivity index (χ4v) is 4.41. The third-order valence-corrected chi connectivity index (χ3v) is 6.49. The molecule has 0 aliphatic carbocycles. The van der Waals surface area contributed by atoms with Crippen LogP contribution in [0, 0.1) is 5.92 Å². The smallest absolute Gasteiger partial charge is 0.273 e. The van der Waals surface area contributed by atoms with Crippen LogP contribution in [0.5, 0.6) is 0 Å². The monoisotopic (exact) mass is 434 g/mol. The minimum absolute atomic E-state index is 0.0292. The number of piperidine rings is 1. The molecule has 9 nitrogen and oxygen atoms in total. The zero-order valence-corrected chi connectivity index (χ0v) is 18.6. The number of amides is 2. The lowest BCUT2D eigenvalue weighted by molar-refractivity contribution is -0.125. The van der Waals surface area contributed by atoms with E-state index in [0.717, 1.165) is 43.9 Å². The Balaban J connectivity index is 1.68. The Morgan fingerprint density at radius 3 is 2.70 bits per heavy atom. The van der Waals surface area contributed by atoms with E-state index in [4.69, 9.17) is 0 Å². The van der Waals surface area contributed by atoms with Gasteiger partial charge in [0.2, 0.25) is 11.8 Å². The summed E-state index contributed by atoms with van der Waals surface area (Å²) in [6.45, 7) is 8.04. The predicted molar refractivity (Wildman–Crippen MR) is 118 cm³/mol. The van der Waals surface area contributed by atoms with Gasteiger partial charge in [0.1, 0.15) is 17.6 Å². The molecule has 0 bridgehead atoms. The van der Waals surface area contributed by atoms with Gasteiger partial charge < -0.3 is 15.5 Å². The fourth-order valence-electron chi connectivity index (χ4n) is 3.39. The van der Waals surface area contributed by atoms with E-state index in [-0.39, 0.29) is 35.9 Å². The molecule has 1 saturated heterocycles. The standard InChI is InChI=1S/C20H30N6O3S/c1-4-8-21-18(28)14-6-9-25(10-7-14)20-24-17-16(30-20)19(29)26(12-22-17)11-15(27)23-13(3)5-2/h12-14H,4-11H2,1-3H3,(H,21,28)(H,23,27). The van der Waals surface area contributed by atoms with E-state index < -0.39 is 0 Å². The average Bonchev–Trinajstić information content (AvgIpc) is 3.19. The molecule has 1 atom stereocenters. The summed E-state index contributed by atoms with van der Waals surface area (Å²) in [6, 6.07) is 0.0619. The summed E-state index contributed by atoms with van der Waals surface area (Å²) in [6.07, 6.45) is 4.67. The van der Waals surface area contributed by atoms with E-state index in [9.17, 15) is 14.4 Å². The van der Waals surface area contributed by atoms with Crippen molar-refractivity contribution in [1.29, 1.82) is 0 Å². The van der Waals surface area contributed by atoms with Gasteiger partial charge in [-0.2, -0.15) is 4.98 Å². The van der Waals surface area contributed by atoms with Crippen molar-refractivity contribution in [2.24, 2.45) is 5.92 Å². The van der Waals surface area contributed by atoms with Gasteiger partial charge >= 0.3 is 0 Å². The van der Waals surface area contributed by atoms with E-state index in [0.29, 0.717) is 16.9 Å². The van der Waals surface area contributed by atoms with Crippen LogP contribution in [0.25, 0.3) is 10.3 Å². The van der Waals surface area contributed by atoms with E-state index in [1.165, 1.54) is 22.2 Å². The molecule has 3 rings (SSSR count). The molecular weight excluding hydrogens is 404 g/mol. The van der Waals surface area contributed by atoms with E-state index >= 15 is 0 Å². The molecular formula is C20H30N6O3S. The first kappa shape index (κ1) is 22.2. The summed E-state index contributed by atoms with van der Waals surface area (Å²) in [5.74, 6) is -0.0525. The molecule has 3 heterocycles. The number of rotatable bonds is 8. The third kappa shape index (κ3) is 5.16. The first-order chi connectivity index (χ1) is 14.4. The molecule has 2 aromatic heterocycles. The molecule has 2 aromatic rings.